The van der Waals surface area contributed by atoms with Gasteiger partial charge < -0.3 is 4.52 Å². The average Bonchev–Trinajstić information content (AvgIpc) is 2.20. The van der Waals surface area contributed by atoms with Crippen molar-refractivity contribution in [3.8, 4) is 0 Å². The lowest BCUT2D eigenvalue weighted by Gasteiger charge is -2.33. The van der Waals surface area contributed by atoms with Gasteiger partial charge in [-0.2, -0.15) is 26.3 Å². The van der Waals surface area contributed by atoms with Crippen molar-refractivity contribution in [1.29, 1.82) is 0 Å². The zero-order valence-corrected chi connectivity index (χ0v) is 10.2. The number of hydrogen-bond donors (Lipinski definition) is 1. The molecule has 0 rings (SSSR count). The molecule has 0 aliphatic carbocycles. The Morgan fingerprint density at radius 2 is 1.56 bits per heavy atom. The van der Waals surface area contributed by atoms with Crippen LogP contribution in [-0.2, 0) is 13.7 Å². The summed E-state index contributed by atoms with van der Waals surface area (Å²) in [4.78, 5) is 0. The highest BCUT2D eigenvalue weighted by Crippen LogP contribution is 2.52. The molecule has 0 aliphatic heterocycles. The number of halogens is 6. The van der Waals surface area contributed by atoms with Crippen molar-refractivity contribution >= 4 is 8.25 Å². The van der Waals surface area contributed by atoms with Gasteiger partial charge in [-0.15, -0.1) is 0 Å². The predicted molar refractivity (Wildman–Crippen MR) is 49.7 cm³/mol. The first-order valence-corrected chi connectivity index (χ1v) is 5.85. The zero-order valence-electron chi connectivity index (χ0n) is 9.19. The standard InChI is InChI=1S/C7H12F6NO3P/c1-5(6(8,9)10,7(11,12)13)3-2-4-16-18(15)17-14/h18H,2-4,14H2,1H3. The van der Waals surface area contributed by atoms with Gasteiger partial charge in [0.25, 0.3) is 0 Å². The Morgan fingerprint density at radius 1 is 1.11 bits per heavy atom. The van der Waals surface area contributed by atoms with Gasteiger partial charge in [0.15, 0.2) is 5.41 Å². The summed E-state index contributed by atoms with van der Waals surface area (Å²) in [5.74, 6) is 4.43. The van der Waals surface area contributed by atoms with E-state index < -0.39 is 45.5 Å². The minimum Gasteiger partial charge on any atom is -0.310 e. The van der Waals surface area contributed by atoms with Crippen LogP contribution in [0.1, 0.15) is 19.8 Å². The van der Waals surface area contributed by atoms with E-state index in [1.165, 1.54) is 0 Å². The Balaban J connectivity index is 4.52. The minimum atomic E-state index is -5.43. The van der Waals surface area contributed by atoms with Crippen LogP contribution in [0.4, 0.5) is 26.3 Å². The third-order valence-corrected chi connectivity index (χ3v) is 3.02. The van der Waals surface area contributed by atoms with Crippen molar-refractivity contribution in [2.24, 2.45) is 11.3 Å². The molecule has 0 radical (unpaired) electrons. The molecule has 0 spiro atoms. The molecule has 0 aromatic heterocycles. The number of alkyl halides is 6. The summed E-state index contributed by atoms with van der Waals surface area (Å²) in [6, 6.07) is 0. The fourth-order valence-electron chi connectivity index (χ4n) is 1.06. The summed E-state index contributed by atoms with van der Waals surface area (Å²) >= 11 is 0. The lowest BCUT2D eigenvalue weighted by Crippen LogP contribution is -2.47. The van der Waals surface area contributed by atoms with Gasteiger partial charge in [-0.25, -0.2) is 10.5 Å². The molecule has 0 aromatic rings. The second-order valence-corrected chi connectivity index (χ2v) is 4.67. The maximum atomic E-state index is 12.4. The Bertz CT molecular complexity index is 278. The van der Waals surface area contributed by atoms with Crippen LogP contribution in [0.5, 0.6) is 0 Å². The van der Waals surface area contributed by atoms with E-state index >= 15 is 0 Å². The van der Waals surface area contributed by atoms with Crippen molar-refractivity contribution in [2.45, 2.75) is 32.1 Å². The Labute approximate surface area is 99.3 Å². The summed E-state index contributed by atoms with van der Waals surface area (Å²) in [5, 5.41) is 0. The zero-order chi connectivity index (χ0) is 14.6. The van der Waals surface area contributed by atoms with Gasteiger partial charge in [-0.3, -0.25) is 4.57 Å². The summed E-state index contributed by atoms with van der Waals surface area (Å²) in [5.41, 5.74) is -3.83. The van der Waals surface area contributed by atoms with Gasteiger partial charge >= 0.3 is 20.6 Å². The highest BCUT2D eigenvalue weighted by molar-refractivity contribution is 7.33. The second kappa shape index (κ2) is 6.23. The third kappa shape index (κ3) is 4.42. The molecule has 1 atom stereocenters. The van der Waals surface area contributed by atoms with Crippen molar-refractivity contribution in [2.75, 3.05) is 6.61 Å². The monoisotopic (exact) mass is 303 g/mol. The number of hydrogen-bond acceptors (Lipinski definition) is 4. The second-order valence-electron chi connectivity index (χ2n) is 3.65. The lowest BCUT2D eigenvalue weighted by molar-refractivity contribution is -0.336. The van der Waals surface area contributed by atoms with Crippen molar-refractivity contribution < 1.29 is 40.1 Å². The van der Waals surface area contributed by atoms with Gasteiger partial charge in [-0.1, -0.05) is 0 Å². The van der Waals surface area contributed by atoms with E-state index in [1.807, 2.05) is 0 Å². The summed E-state index contributed by atoms with van der Waals surface area (Å²) in [7, 11) is -3.05. The number of nitrogens with two attached hydrogens (primary N) is 1. The molecule has 0 fully saturated rings. The van der Waals surface area contributed by atoms with E-state index in [9.17, 15) is 30.9 Å². The van der Waals surface area contributed by atoms with Crippen LogP contribution in [-0.4, -0.2) is 19.0 Å². The average molecular weight is 303 g/mol. The van der Waals surface area contributed by atoms with E-state index in [1.54, 1.807) is 0 Å². The molecule has 0 saturated heterocycles. The Morgan fingerprint density at radius 3 is 1.89 bits per heavy atom. The first-order valence-electron chi connectivity index (χ1n) is 4.62. The van der Waals surface area contributed by atoms with Crippen LogP contribution >= 0.6 is 8.25 Å². The van der Waals surface area contributed by atoms with E-state index in [-0.39, 0.29) is 6.92 Å². The van der Waals surface area contributed by atoms with Gasteiger partial charge in [0, 0.05) is 0 Å². The summed E-state index contributed by atoms with van der Waals surface area (Å²) in [6.45, 7) is -0.508. The normalized spacial score (nSPS) is 15.8. The highest BCUT2D eigenvalue weighted by atomic mass is 31.1. The van der Waals surface area contributed by atoms with E-state index in [2.05, 4.69) is 15.0 Å². The molecule has 2 N–H and O–H groups in total. The summed E-state index contributed by atoms with van der Waals surface area (Å²) in [6.07, 6.45) is -12.7. The molecule has 0 aromatic carbocycles. The fourth-order valence-corrected chi connectivity index (χ4v) is 1.44. The highest BCUT2D eigenvalue weighted by Gasteiger charge is 2.66. The molecule has 11 heteroatoms. The van der Waals surface area contributed by atoms with E-state index in [0.717, 1.165) is 0 Å². The molecule has 0 amide bonds. The SMILES string of the molecule is CC(CCCO[PH](=O)ON)(C(F)(F)F)C(F)(F)F. The van der Waals surface area contributed by atoms with Crippen LogP contribution in [0.2, 0.25) is 0 Å². The first kappa shape index (κ1) is 17.7. The van der Waals surface area contributed by atoms with Gasteiger partial charge in [0.2, 0.25) is 0 Å². The first-order chi connectivity index (χ1) is 7.95. The quantitative estimate of drug-likeness (QED) is 0.354. The Kier molecular flexibility index (Phi) is 6.12. The van der Waals surface area contributed by atoms with Gasteiger partial charge in [0.1, 0.15) is 0 Å². The minimum absolute atomic E-state index is 0.0650. The molecule has 18 heavy (non-hydrogen) atoms. The predicted octanol–water partition coefficient (Wildman–Crippen LogP) is 3.19. The lowest BCUT2D eigenvalue weighted by atomic mass is 9.84. The van der Waals surface area contributed by atoms with E-state index in [4.69, 9.17) is 0 Å². The van der Waals surface area contributed by atoms with Gasteiger partial charge in [0.05, 0.1) is 6.61 Å². The van der Waals surface area contributed by atoms with Crippen molar-refractivity contribution in [3.63, 3.8) is 0 Å². The molecule has 0 aliphatic rings. The van der Waals surface area contributed by atoms with Gasteiger partial charge in [-0.05, 0) is 19.8 Å². The smallest absolute Gasteiger partial charge is 0.310 e. The molecule has 0 bridgehead atoms. The molecular formula is C7H12F6NO3P. The molecule has 0 saturated carbocycles. The number of rotatable bonds is 6. The van der Waals surface area contributed by atoms with Crippen molar-refractivity contribution in [1.82, 2.24) is 0 Å². The molecule has 110 valence electrons. The topological polar surface area (TPSA) is 61.5 Å². The maximum absolute atomic E-state index is 12.4. The summed E-state index contributed by atoms with van der Waals surface area (Å²) < 4.78 is 92.8. The van der Waals surface area contributed by atoms with Crippen LogP contribution in [0.3, 0.4) is 0 Å². The fraction of sp³-hybridized carbons (Fsp3) is 1.00. The molecular weight excluding hydrogens is 291 g/mol. The molecule has 4 nitrogen and oxygen atoms in total. The Hall–Kier alpha value is -0.310. The van der Waals surface area contributed by atoms with Crippen LogP contribution in [0.15, 0.2) is 0 Å². The van der Waals surface area contributed by atoms with E-state index in [0.29, 0.717) is 0 Å². The third-order valence-electron chi connectivity index (χ3n) is 2.39. The van der Waals surface area contributed by atoms with Crippen LogP contribution < -0.4 is 5.90 Å². The van der Waals surface area contributed by atoms with Crippen molar-refractivity contribution in [3.05, 3.63) is 0 Å². The van der Waals surface area contributed by atoms with Crippen LogP contribution in [0, 0.1) is 5.41 Å². The molecule has 1 unspecified atom stereocenters. The maximum Gasteiger partial charge on any atom is 0.402 e. The van der Waals surface area contributed by atoms with Crippen LogP contribution in [0.25, 0.3) is 0 Å². The largest absolute Gasteiger partial charge is 0.402 e. The molecule has 0 heterocycles.